The van der Waals surface area contributed by atoms with Crippen molar-refractivity contribution in [1.82, 2.24) is 15.5 Å². The molecule has 0 unspecified atom stereocenters. The zero-order valence-corrected chi connectivity index (χ0v) is 20.9. The second kappa shape index (κ2) is 8.15. The fourth-order valence-electron chi connectivity index (χ4n) is 7.00. The molecule has 2 saturated heterocycles. The van der Waals surface area contributed by atoms with Gasteiger partial charge in [-0.25, -0.2) is 0 Å². The monoisotopic (exact) mass is 498 g/mol. The maximum absolute atomic E-state index is 14.2. The largest absolute Gasteiger partial charge is 0.372 e. The molecule has 3 fully saturated rings. The lowest BCUT2D eigenvalue weighted by Gasteiger charge is -2.36. The molecule has 4 aliphatic rings. The Hall–Kier alpha value is -3.70. The van der Waals surface area contributed by atoms with Crippen LogP contribution in [0.25, 0.3) is 11.1 Å². The Kier molecular flexibility index (Phi) is 5.22. The van der Waals surface area contributed by atoms with E-state index in [1.165, 1.54) is 4.90 Å². The Morgan fingerprint density at radius 3 is 2.35 bits per heavy atom. The van der Waals surface area contributed by atoms with E-state index in [0.29, 0.717) is 30.6 Å². The highest BCUT2D eigenvalue weighted by molar-refractivity contribution is 6.01. The molecule has 0 radical (unpaired) electrons. The molecule has 0 bridgehead atoms. The van der Waals surface area contributed by atoms with Crippen LogP contribution in [0.4, 0.5) is 0 Å². The first-order valence-electron chi connectivity index (χ1n) is 12.9. The number of amides is 3. The van der Waals surface area contributed by atoms with Gasteiger partial charge in [-0.2, -0.15) is 5.26 Å². The van der Waals surface area contributed by atoms with Crippen LogP contribution in [0.1, 0.15) is 37.8 Å². The first-order chi connectivity index (χ1) is 17.7. The number of carbonyl (C=O) groups excluding carboxylic acids is 3. The lowest BCUT2D eigenvalue weighted by atomic mass is 9.88. The summed E-state index contributed by atoms with van der Waals surface area (Å²) in [4.78, 5) is 41.5. The van der Waals surface area contributed by atoms with E-state index in [9.17, 15) is 24.8 Å². The molecule has 37 heavy (non-hydrogen) atoms. The minimum atomic E-state index is -1.90. The average Bonchev–Trinajstić information content (AvgIpc) is 3.32. The van der Waals surface area contributed by atoms with E-state index in [-0.39, 0.29) is 35.5 Å². The second-order valence-electron chi connectivity index (χ2n) is 11.4. The number of piperidine rings is 1. The molecule has 5 atom stereocenters. The summed E-state index contributed by atoms with van der Waals surface area (Å²) in [6.07, 6.45) is 0.863. The van der Waals surface area contributed by atoms with Gasteiger partial charge in [0, 0.05) is 30.1 Å². The quantitative estimate of drug-likeness (QED) is 0.581. The van der Waals surface area contributed by atoms with E-state index in [4.69, 9.17) is 0 Å². The molecule has 2 aliphatic heterocycles. The summed E-state index contributed by atoms with van der Waals surface area (Å²) in [5.74, 6) is -1.28. The van der Waals surface area contributed by atoms with Crippen LogP contribution in [-0.2, 0) is 20.0 Å². The molecular formula is C29H30N4O4. The summed E-state index contributed by atoms with van der Waals surface area (Å²) >= 11 is 0. The second-order valence-corrected chi connectivity index (χ2v) is 11.4. The molecule has 8 heteroatoms. The molecule has 0 aromatic heterocycles. The number of nitriles is 1. The topological polar surface area (TPSA) is 123 Å². The standard InChI is InChI=1S/C29H30N4O4/c1-28(2)22-15-33(24(23(22)28)26(35)32-17(14-30)13-16-11-12-31-25(16)34)27(36)29(37)20-9-5-3-7-18(20)19-8-4-6-10-21(19)29/h3-10,16-17,22-24,37H,11-13,15H2,1-2H3,(H,31,34)(H,32,35)/t16-,17-,22-,23-,24-/m1/s1. The fraction of sp³-hybridized carbons (Fsp3) is 0.448. The Morgan fingerprint density at radius 2 is 1.78 bits per heavy atom. The molecule has 2 aliphatic carbocycles. The van der Waals surface area contributed by atoms with E-state index < -0.39 is 29.5 Å². The van der Waals surface area contributed by atoms with Gasteiger partial charge in [-0.05, 0) is 41.2 Å². The van der Waals surface area contributed by atoms with Gasteiger partial charge in [0.25, 0.3) is 5.91 Å². The third-order valence-electron chi connectivity index (χ3n) is 9.13. The van der Waals surface area contributed by atoms with E-state index in [1.807, 2.05) is 24.3 Å². The van der Waals surface area contributed by atoms with Gasteiger partial charge in [-0.15, -0.1) is 0 Å². The Morgan fingerprint density at radius 1 is 1.16 bits per heavy atom. The van der Waals surface area contributed by atoms with Crippen molar-refractivity contribution in [2.75, 3.05) is 13.1 Å². The first-order valence-corrected chi connectivity index (χ1v) is 12.9. The molecule has 1 saturated carbocycles. The van der Waals surface area contributed by atoms with Gasteiger partial charge < -0.3 is 20.6 Å². The van der Waals surface area contributed by atoms with Gasteiger partial charge in [0.15, 0.2) is 5.60 Å². The summed E-state index contributed by atoms with van der Waals surface area (Å²) in [6, 6.07) is 15.2. The van der Waals surface area contributed by atoms with Crippen molar-refractivity contribution in [2.24, 2.45) is 23.2 Å². The van der Waals surface area contributed by atoms with Gasteiger partial charge in [0.2, 0.25) is 11.8 Å². The Bertz CT molecular complexity index is 1320. The predicted molar refractivity (Wildman–Crippen MR) is 134 cm³/mol. The molecule has 3 amide bonds. The number of likely N-dealkylation sites (tertiary alicyclic amines) is 1. The van der Waals surface area contributed by atoms with Crippen molar-refractivity contribution in [3.05, 3.63) is 59.7 Å². The highest BCUT2D eigenvalue weighted by atomic mass is 16.3. The molecular weight excluding hydrogens is 468 g/mol. The van der Waals surface area contributed by atoms with Gasteiger partial charge in [0.05, 0.1) is 6.07 Å². The minimum absolute atomic E-state index is 0.0685. The Balaban J connectivity index is 1.31. The minimum Gasteiger partial charge on any atom is -0.372 e. The number of rotatable bonds is 5. The van der Waals surface area contributed by atoms with Crippen LogP contribution >= 0.6 is 0 Å². The molecule has 2 heterocycles. The maximum atomic E-state index is 14.2. The number of hydrogen-bond acceptors (Lipinski definition) is 5. The number of aliphatic hydroxyl groups is 1. The average molecular weight is 499 g/mol. The zero-order chi connectivity index (χ0) is 26.1. The van der Waals surface area contributed by atoms with Crippen molar-refractivity contribution in [2.45, 2.75) is 44.4 Å². The fourth-order valence-corrected chi connectivity index (χ4v) is 7.00. The van der Waals surface area contributed by atoms with Crippen LogP contribution in [0.3, 0.4) is 0 Å². The van der Waals surface area contributed by atoms with Crippen molar-refractivity contribution < 1.29 is 19.5 Å². The number of nitrogens with one attached hydrogen (secondary N) is 2. The molecule has 6 rings (SSSR count). The number of fused-ring (bicyclic) bond motifs is 4. The van der Waals surface area contributed by atoms with E-state index in [2.05, 4.69) is 30.6 Å². The van der Waals surface area contributed by atoms with Crippen LogP contribution < -0.4 is 10.6 Å². The summed E-state index contributed by atoms with van der Waals surface area (Å²) in [5, 5.41) is 27.4. The van der Waals surface area contributed by atoms with E-state index in [0.717, 1.165) is 11.1 Å². The lowest BCUT2D eigenvalue weighted by molar-refractivity contribution is -0.153. The SMILES string of the molecule is CC1(C)[C@@H]2[C@H]1CN(C(=O)C1(O)c3ccccc3-c3ccccc31)[C@H]2C(=O)N[C@@H](C#N)C[C@H]1CCNC1=O. The van der Waals surface area contributed by atoms with Crippen molar-refractivity contribution in [3.8, 4) is 17.2 Å². The number of benzene rings is 2. The molecule has 2 aromatic rings. The smallest absolute Gasteiger partial charge is 0.264 e. The van der Waals surface area contributed by atoms with Crippen molar-refractivity contribution in [3.63, 3.8) is 0 Å². The van der Waals surface area contributed by atoms with Gasteiger partial charge in [-0.1, -0.05) is 62.4 Å². The third kappa shape index (κ3) is 3.33. The number of carbonyl (C=O) groups is 3. The summed E-state index contributed by atoms with van der Waals surface area (Å²) in [5.41, 5.74) is 0.617. The van der Waals surface area contributed by atoms with Crippen molar-refractivity contribution >= 4 is 17.7 Å². The highest BCUT2D eigenvalue weighted by Gasteiger charge is 2.70. The molecule has 8 nitrogen and oxygen atoms in total. The summed E-state index contributed by atoms with van der Waals surface area (Å²) in [6.45, 7) is 5.11. The third-order valence-corrected chi connectivity index (χ3v) is 9.13. The normalized spacial score (nSPS) is 28.4. The van der Waals surface area contributed by atoms with E-state index >= 15 is 0 Å². The number of nitrogens with zero attached hydrogens (tertiary/aromatic N) is 2. The van der Waals surface area contributed by atoms with Gasteiger partial charge >= 0.3 is 0 Å². The molecule has 0 spiro atoms. The first kappa shape index (κ1) is 23.7. The van der Waals surface area contributed by atoms with Crippen LogP contribution in [-0.4, -0.2) is 52.9 Å². The molecule has 190 valence electrons. The number of hydrogen-bond donors (Lipinski definition) is 3. The van der Waals surface area contributed by atoms with Gasteiger partial charge in [0.1, 0.15) is 12.1 Å². The maximum Gasteiger partial charge on any atom is 0.264 e. The van der Waals surface area contributed by atoms with Gasteiger partial charge in [-0.3, -0.25) is 14.4 Å². The highest BCUT2D eigenvalue weighted by Crippen LogP contribution is 2.65. The summed E-state index contributed by atoms with van der Waals surface area (Å²) < 4.78 is 0. The molecule has 2 aromatic carbocycles. The van der Waals surface area contributed by atoms with Crippen molar-refractivity contribution in [1.29, 1.82) is 5.26 Å². The summed E-state index contributed by atoms with van der Waals surface area (Å²) in [7, 11) is 0. The van der Waals surface area contributed by atoms with E-state index in [1.54, 1.807) is 24.3 Å². The molecule has 3 N–H and O–H groups in total. The predicted octanol–water partition coefficient (Wildman–Crippen LogP) is 1.92. The lowest BCUT2D eigenvalue weighted by Crippen LogP contribution is -2.56. The Labute approximate surface area is 215 Å². The van der Waals surface area contributed by atoms with Crippen LogP contribution in [0.5, 0.6) is 0 Å². The zero-order valence-electron chi connectivity index (χ0n) is 20.9. The van der Waals surface area contributed by atoms with Crippen LogP contribution in [0.15, 0.2) is 48.5 Å². The van der Waals surface area contributed by atoms with Crippen LogP contribution in [0, 0.1) is 34.5 Å². The van der Waals surface area contributed by atoms with Crippen LogP contribution in [0.2, 0.25) is 0 Å².